The highest BCUT2D eigenvalue weighted by atomic mass is 32.2. The molecule has 1 aromatic heterocycles. The first kappa shape index (κ1) is 15.5. The molecular formula is C14H19N3O3S. The maximum absolute atomic E-state index is 12.1. The monoisotopic (exact) mass is 309 g/mol. The smallest absolute Gasteiger partial charge is 0.258 e. The molecule has 21 heavy (non-hydrogen) atoms. The topological polar surface area (TPSA) is 84.1 Å². The Morgan fingerprint density at radius 1 is 1.24 bits per heavy atom. The number of H-pyrrole nitrogens is 1. The van der Waals surface area contributed by atoms with Crippen molar-refractivity contribution in [2.24, 2.45) is 0 Å². The average Bonchev–Trinajstić information content (AvgIpc) is 2.92. The van der Waals surface area contributed by atoms with Crippen LogP contribution in [0.2, 0.25) is 0 Å². The molecule has 2 aromatic rings. The summed E-state index contributed by atoms with van der Waals surface area (Å²) in [4.78, 5) is 0. The summed E-state index contributed by atoms with van der Waals surface area (Å²) in [5.74, 6) is 0.718. The highest BCUT2D eigenvalue weighted by molar-refractivity contribution is 7.89. The molecule has 2 N–H and O–H groups in total. The quantitative estimate of drug-likeness (QED) is 0.857. The van der Waals surface area contributed by atoms with Gasteiger partial charge in [-0.15, -0.1) is 0 Å². The van der Waals surface area contributed by atoms with Gasteiger partial charge in [0.15, 0.2) is 5.03 Å². The normalized spacial score (nSPS) is 13.3. The van der Waals surface area contributed by atoms with Gasteiger partial charge in [0.1, 0.15) is 5.75 Å². The zero-order valence-corrected chi connectivity index (χ0v) is 13.0. The predicted molar refractivity (Wildman–Crippen MR) is 79.5 cm³/mol. The van der Waals surface area contributed by atoms with E-state index in [0.717, 1.165) is 11.3 Å². The third-order valence-corrected chi connectivity index (χ3v) is 4.30. The maximum atomic E-state index is 12.1. The van der Waals surface area contributed by atoms with Crippen molar-refractivity contribution in [1.82, 2.24) is 14.9 Å². The van der Waals surface area contributed by atoms with Crippen LogP contribution in [0.5, 0.6) is 5.75 Å². The van der Waals surface area contributed by atoms with E-state index in [0.29, 0.717) is 0 Å². The molecule has 6 nitrogen and oxygen atoms in total. The second-order valence-electron chi connectivity index (χ2n) is 5.00. The van der Waals surface area contributed by atoms with Gasteiger partial charge < -0.3 is 4.74 Å². The number of ether oxygens (including phenoxy) is 1. The van der Waals surface area contributed by atoms with Crippen LogP contribution in [0.25, 0.3) is 0 Å². The minimum atomic E-state index is -3.61. The molecule has 1 unspecified atom stereocenters. The van der Waals surface area contributed by atoms with E-state index in [1.165, 1.54) is 12.3 Å². The number of benzene rings is 1. The van der Waals surface area contributed by atoms with Crippen LogP contribution in [-0.4, -0.2) is 24.7 Å². The molecule has 0 aliphatic rings. The molecule has 7 heteroatoms. The lowest BCUT2D eigenvalue weighted by atomic mass is 10.1. The van der Waals surface area contributed by atoms with E-state index in [1.807, 2.05) is 38.1 Å². The van der Waals surface area contributed by atoms with E-state index < -0.39 is 10.0 Å². The van der Waals surface area contributed by atoms with Crippen molar-refractivity contribution in [3.8, 4) is 5.75 Å². The Labute approximate surface area is 124 Å². The van der Waals surface area contributed by atoms with Gasteiger partial charge in [0.2, 0.25) is 0 Å². The van der Waals surface area contributed by atoms with Gasteiger partial charge in [-0.25, -0.2) is 13.1 Å². The van der Waals surface area contributed by atoms with Gasteiger partial charge >= 0.3 is 0 Å². The molecule has 0 amide bonds. The van der Waals surface area contributed by atoms with E-state index in [1.54, 1.807) is 6.92 Å². The highest BCUT2D eigenvalue weighted by Crippen LogP contribution is 2.21. The first-order chi connectivity index (χ1) is 9.88. The Bertz CT molecular complexity index is 681. The second kappa shape index (κ2) is 6.28. The molecule has 0 saturated carbocycles. The van der Waals surface area contributed by atoms with Crippen molar-refractivity contribution >= 4 is 10.0 Å². The first-order valence-corrected chi connectivity index (χ1v) is 8.15. The van der Waals surface area contributed by atoms with Crippen molar-refractivity contribution in [2.75, 3.05) is 0 Å². The number of nitrogens with zero attached hydrogens (tertiary/aromatic N) is 1. The molecule has 0 radical (unpaired) electrons. The molecule has 114 valence electrons. The number of aromatic amines is 1. The third kappa shape index (κ3) is 4.05. The molecule has 1 heterocycles. The summed E-state index contributed by atoms with van der Waals surface area (Å²) in [7, 11) is -3.61. The summed E-state index contributed by atoms with van der Waals surface area (Å²) >= 11 is 0. The van der Waals surface area contributed by atoms with E-state index in [4.69, 9.17) is 4.74 Å². The van der Waals surface area contributed by atoms with Crippen LogP contribution < -0.4 is 9.46 Å². The summed E-state index contributed by atoms with van der Waals surface area (Å²) in [6, 6.07) is 8.41. The molecule has 1 aromatic carbocycles. The van der Waals surface area contributed by atoms with Crippen molar-refractivity contribution in [3.05, 3.63) is 42.1 Å². The Morgan fingerprint density at radius 2 is 2.00 bits per heavy atom. The van der Waals surface area contributed by atoms with Crippen LogP contribution >= 0.6 is 0 Å². The minimum absolute atomic E-state index is 0.0453. The van der Waals surface area contributed by atoms with Crippen LogP contribution in [0.1, 0.15) is 32.4 Å². The lowest BCUT2D eigenvalue weighted by Gasteiger charge is -2.16. The number of hydrogen-bond donors (Lipinski definition) is 2. The standard InChI is InChI=1S/C14H19N3O3S/c1-10(2)20-13-6-4-5-12(9-13)11(3)17-21(18,19)14-7-8-15-16-14/h4-11,17H,1-3H3,(H,15,16). The summed E-state index contributed by atoms with van der Waals surface area (Å²) in [6.45, 7) is 5.66. The lowest BCUT2D eigenvalue weighted by molar-refractivity contribution is 0.242. The van der Waals surface area contributed by atoms with Crippen LogP contribution in [0.3, 0.4) is 0 Å². The zero-order valence-electron chi connectivity index (χ0n) is 12.2. The molecule has 0 aliphatic heterocycles. The van der Waals surface area contributed by atoms with E-state index in [9.17, 15) is 8.42 Å². The summed E-state index contributed by atoms with van der Waals surface area (Å²) < 4.78 is 32.5. The van der Waals surface area contributed by atoms with E-state index in [2.05, 4.69) is 14.9 Å². The van der Waals surface area contributed by atoms with Crippen molar-refractivity contribution in [3.63, 3.8) is 0 Å². The maximum Gasteiger partial charge on any atom is 0.258 e. The third-order valence-electron chi connectivity index (χ3n) is 2.83. The number of sulfonamides is 1. The van der Waals surface area contributed by atoms with Crippen LogP contribution in [-0.2, 0) is 10.0 Å². The highest BCUT2D eigenvalue weighted by Gasteiger charge is 2.19. The Hall–Kier alpha value is -1.86. The minimum Gasteiger partial charge on any atom is -0.491 e. The lowest BCUT2D eigenvalue weighted by Crippen LogP contribution is -2.27. The molecule has 0 fully saturated rings. The summed E-state index contributed by atoms with van der Waals surface area (Å²) in [6.07, 6.45) is 1.47. The molecular weight excluding hydrogens is 290 g/mol. The summed E-state index contributed by atoms with van der Waals surface area (Å²) in [5, 5.41) is 6.14. The SMILES string of the molecule is CC(C)Oc1cccc(C(C)NS(=O)(=O)c2ccn[nH]2)c1. The largest absolute Gasteiger partial charge is 0.491 e. The second-order valence-corrected chi connectivity index (χ2v) is 6.69. The van der Waals surface area contributed by atoms with Crippen LogP contribution in [0, 0.1) is 0 Å². The number of aromatic nitrogens is 2. The van der Waals surface area contributed by atoms with Gasteiger partial charge in [0.05, 0.1) is 12.3 Å². The van der Waals surface area contributed by atoms with Crippen molar-refractivity contribution in [1.29, 1.82) is 0 Å². The van der Waals surface area contributed by atoms with Gasteiger partial charge in [-0.1, -0.05) is 12.1 Å². The van der Waals surface area contributed by atoms with Gasteiger partial charge in [-0.05, 0) is 44.5 Å². The van der Waals surface area contributed by atoms with Crippen molar-refractivity contribution < 1.29 is 13.2 Å². The fourth-order valence-electron chi connectivity index (χ4n) is 1.89. The Morgan fingerprint density at radius 3 is 2.62 bits per heavy atom. The van der Waals surface area contributed by atoms with Gasteiger partial charge in [0.25, 0.3) is 10.0 Å². The van der Waals surface area contributed by atoms with Crippen LogP contribution in [0.15, 0.2) is 41.6 Å². The van der Waals surface area contributed by atoms with Crippen LogP contribution in [0.4, 0.5) is 0 Å². The van der Waals surface area contributed by atoms with Gasteiger partial charge in [-0.2, -0.15) is 5.10 Å². The molecule has 0 aliphatic carbocycles. The van der Waals surface area contributed by atoms with Gasteiger partial charge in [0, 0.05) is 6.04 Å². The predicted octanol–water partition coefficient (Wildman–Crippen LogP) is 2.24. The Balaban J connectivity index is 2.15. The first-order valence-electron chi connectivity index (χ1n) is 6.67. The van der Waals surface area contributed by atoms with Gasteiger partial charge in [-0.3, -0.25) is 5.10 Å². The molecule has 0 spiro atoms. The molecule has 0 bridgehead atoms. The fraction of sp³-hybridized carbons (Fsp3) is 0.357. The molecule has 0 saturated heterocycles. The van der Waals surface area contributed by atoms with Crippen molar-refractivity contribution in [2.45, 2.75) is 37.9 Å². The number of rotatable bonds is 6. The molecule has 2 rings (SSSR count). The number of nitrogens with one attached hydrogen (secondary N) is 2. The molecule has 1 atom stereocenters. The summed E-state index contributed by atoms with van der Waals surface area (Å²) in [5.41, 5.74) is 0.830. The Kier molecular flexibility index (Phi) is 4.64. The van der Waals surface area contributed by atoms with E-state index >= 15 is 0 Å². The fourth-order valence-corrected chi connectivity index (χ4v) is 3.03. The van der Waals surface area contributed by atoms with E-state index in [-0.39, 0.29) is 17.2 Å². The number of hydrogen-bond acceptors (Lipinski definition) is 4. The zero-order chi connectivity index (χ0) is 15.5. The average molecular weight is 309 g/mol.